The summed E-state index contributed by atoms with van der Waals surface area (Å²) in [6, 6.07) is 0. The second kappa shape index (κ2) is 8.42. The van der Waals surface area contributed by atoms with Gasteiger partial charge in [-0.1, -0.05) is 57.9 Å². The van der Waals surface area contributed by atoms with Gasteiger partial charge in [0.1, 0.15) is 0 Å². The normalized spacial score (nSPS) is 26.5. The minimum atomic E-state index is -0.951. The van der Waals surface area contributed by atoms with Crippen LogP contribution in [0.3, 0.4) is 0 Å². The van der Waals surface area contributed by atoms with E-state index in [9.17, 15) is 9.59 Å². The summed E-state index contributed by atoms with van der Waals surface area (Å²) in [7, 11) is 2.76. The van der Waals surface area contributed by atoms with Gasteiger partial charge in [-0.15, -0.1) is 0 Å². The molecular weight excluding hydrogens is 352 g/mol. The van der Waals surface area contributed by atoms with Gasteiger partial charge in [-0.2, -0.15) is 0 Å². The molecule has 4 heteroatoms. The average molecular weight is 393 g/mol. The zero-order valence-electron chi connectivity index (χ0n) is 19.6. The van der Waals surface area contributed by atoms with Crippen molar-refractivity contribution in [2.24, 2.45) is 21.7 Å². The van der Waals surface area contributed by atoms with Gasteiger partial charge in [-0.3, -0.25) is 9.59 Å². The van der Waals surface area contributed by atoms with E-state index in [0.29, 0.717) is 12.8 Å². The van der Waals surface area contributed by atoms with Gasteiger partial charge in [0.25, 0.3) is 0 Å². The summed E-state index contributed by atoms with van der Waals surface area (Å²) in [4.78, 5) is 25.3. The van der Waals surface area contributed by atoms with E-state index in [0.717, 1.165) is 12.8 Å². The lowest BCUT2D eigenvalue weighted by Gasteiger charge is -2.47. The fraction of sp³-hybridized carbons (Fsp3) is 0.750. The molecule has 160 valence electrons. The van der Waals surface area contributed by atoms with Crippen molar-refractivity contribution < 1.29 is 19.1 Å². The Hall–Kier alpha value is -1.58. The topological polar surface area (TPSA) is 52.6 Å². The molecule has 2 atom stereocenters. The number of ether oxygens (including phenoxy) is 2. The molecule has 0 aromatic carbocycles. The molecule has 0 amide bonds. The van der Waals surface area contributed by atoms with Gasteiger partial charge in [-0.05, 0) is 57.3 Å². The van der Waals surface area contributed by atoms with Crippen molar-refractivity contribution in [1.29, 1.82) is 0 Å². The number of carbonyl (C=O) groups excluding carboxylic acids is 2. The molecule has 0 saturated heterocycles. The van der Waals surface area contributed by atoms with Crippen LogP contribution in [0.1, 0.15) is 81.1 Å². The number of carbonyl (C=O) groups is 2. The van der Waals surface area contributed by atoms with Crippen LogP contribution in [0.25, 0.3) is 0 Å². The van der Waals surface area contributed by atoms with Gasteiger partial charge in [0.05, 0.1) is 25.0 Å². The molecule has 0 saturated carbocycles. The van der Waals surface area contributed by atoms with Crippen molar-refractivity contribution in [3.8, 4) is 0 Å². The molecule has 0 aliphatic heterocycles. The lowest BCUT2D eigenvalue weighted by Crippen LogP contribution is -2.52. The minimum Gasteiger partial charge on any atom is -0.469 e. The number of rotatable bonds is 6. The Labute approximate surface area is 171 Å². The number of allylic oxidation sites excluding steroid dienone is 4. The Bertz CT molecular complexity index is 663. The average Bonchev–Trinajstić information content (AvgIpc) is 2.61. The first-order valence-corrected chi connectivity index (χ1v) is 10.2. The molecule has 1 aliphatic carbocycles. The molecular formula is C24H40O4. The summed E-state index contributed by atoms with van der Waals surface area (Å²) in [5, 5.41) is 0. The lowest BCUT2D eigenvalue weighted by atomic mass is 9.55. The third-order valence-corrected chi connectivity index (χ3v) is 7.06. The fourth-order valence-corrected chi connectivity index (χ4v) is 3.89. The molecule has 2 unspecified atom stereocenters. The van der Waals surface area contributed by atoms with Crippen molar-refractivity contribution in [3.05, 3.63) is 23.3 Å². The Kier molecular flexibility index (Phi) is 7.36. The Morgan fingerprint density at radius 2 is 1.54 bits per heavy atom. The Morgan fingerprint density at radius 3 is 2.00 bits per heavy atom. The van der Waals surface area contributed by atoms with E-state index >= 15 is 0 Å². The van der Waals surface area contributed by atoms with Crippen LogP contribution in [0.15, 0.2) is 23.3 Å². The van der Waals surface area contributed by atoms with Crippen molar-refractivity contribution in [2.45, 2.75) is 81.1 Å². The van der Waals surface area contributed by atoms with E-state index in [1.54, 1.807) is 0 Å². The first kappa shape index (κ1) is 24.5. The number of hydrogen-bond donors (Lipinski definition) is 0. The van der Waals surface area contributed by atoms with Gasteiger partial charge in [0, 0.05) is 0 Å². The maximum absolute atomic E-state index is 12.7. The largest absolute Gasteiger partial charge is 0.469 e. The molecule has 4 nitrogen and oxygen atoms in total. The first-order chi connectivity index (χ1) is 12.7. The van der Waals surface area contributed by atoms with Crippen LogP contribution in [0.4, 0.5) is 0 Å². The Morgan fingerprint density at radius 1 is 1.04 bits per heavy atom. The van der Waals surface area contributed by atoms with Crippen LogP contribution >= 0.6 is 0 Å². The highest BCUT2D eigenvalue weighted by atomic mass is 16.5. The molecule has 0 spiro atoms. The number of esters is 2. The molecule has 0 radical (unpaired) electrons. The van der Waals surface area contributed by atoms with Gasteiger partial charge in [0.2, 0.25) is 0 Å². The fourth-order valence-electron chi connectivity index (χ4n) is 3.89. The highest BCUT2D eigenvalue weighted by Gasteiger charge is 2.58. The summed E-state index contributed by atoms with van der Waals surface area (Å²) in [5.74, 6) is -0.720. The predicted molar refractivity (Wildman–Crippen MR) is 114 cm³/mol. The van der Waals surface area contributed by atoms with Crippen molar-refractivity contribution in [3.63, 3.8) is 0 Å². The third kappa shape index (κ3) is 4.69. The van der Waals surface area contributed by atoms with Crippen LogP contribution in [0.5, 0.6) is 0 Å². The molecule has 28 heavy (non-hydrogen) atoms. The maximum Gasteiger partial charge on any atom is 0.313 e. The summed E-state index contributed by atoms with van der Waals surface area (Å²) in [6.45, 7) is 16.9. The molecule has 0 N–H and O–H groups in total. The Balaban J connectivity index is 3.15. The zero-order chi connectivity index (χ0) is 22.0. The monoisotopic (exact) mass is 392 g/mol. The maximum atomic E-state index is 12.7. The van der Waals surface area contributed by atoms with Crippen molar-refractivity contribution in [2.75, 3.05) is 14.2 Å². The summed E-state index contributed by atoms with van der Waals surface area (Å²) < 4.78 is 10.2. The van der Waals surface area contributed by atoms with E-state index < -0.39 is 10.8 Å². The van der Waals surface area contributed by atoms with Gasteiger partial charge in [-0.25, -0.2) is 0 Å². The molecule has 0 heterocycles. The minimum absolute atomic E-state index is 0.0681. The zero-order valence-corrected chi connectivity index (χ0v) is 19.6. The van der Waals surface area contributed by atoms with Crippen LogP contribution in [0.2, 0.25) is 0 Å². The van der Waals surface area contributed by atoms with E-state index in [1.165, 1.54) is 25.4 Å². The van der Waals surface area contributed by atoms with Crippen molar-refractivity contribution in [1.82, 2.24) is 0 Å². The van der Waals surface area contributed by atoms with Crippen LogP contribution in [-0.4, -0.2) is 26.2 Å². The second-order valence-electron chi connectivity index (χ2n) is 10.3. The van der Waals surface area contributed by atoms with Gasteiger partial charge >= 0.3 is 11.9 Å². The third-order valence-electron chi connectivity index (χ3n) is 7.06. The molecule has 1 rings (SSSR count). The van der Waals surface area contributed by atoms with E-state index in [4.69, 9.17) is 9.47 Å². The van der Waals surface area contributed by atoms with E-state index in [-0.39, 0.29) is 22.8 Å². The SMILES string of the molecule is COC(=O)C1(C)CC=C(C(C)(C)CC/C=C(\C)C(C)(C)C)CC1(C)C(=O)OC. The molecule has 0 aromatic heterocycles. The quantitative estimate of drug-likeness (QED) is 0.419. The van der Waals surface area contributed by atoms with E-state index in [2.05, 4.69) is 53.7 Å². The first-order valence-electron chi connectivity index (χ1n) is 10.2. The van der Waals surface area contributed by atoms with E-state index in [1.807, 2.05) is 13.8 Å². The molecule has 0 bridgehead atoms. The smallest absolute Gasteiger partial charge is 0.313 e. The van der Waals surface area contributed by atoms with Crippen LogP contribution in [-0.2, 0) is 19.1 Å². The predicted octanol–water partition coefficient (Wildman–Crippen LogP) is 5.86. The van der Waals surface area contributed by atoms with Gasteiger partial charge < -0.3 is 9.47 Å². The van der Waals surface area contributed by atoms with Crippen LogP contribution < -0.4 is 0 Å². The lowest BCUT2D eigenvalue weighted by molar-refractivity contribution is -0.176. The van der Waals surface area contributed by atoms with Gasteiger partial charge in [0.15, 0.2) is 0 Å². The summed E-state index contributed by atoms with van der Waals surface area (Å²) in [6.07, 6.45) is 7.40. The highest BCUT2D eigenvalue weighted by Crippen LogP contribution is 2.55. The number of hydrogen-bond acceptors (Lipinski definition) is 4. The standard InChI is InChI=1S/C24H40O4/c1-17(21(2,3)4)12-11-14-22(5,6)18-13-15-23(7,19(25)27-9)24(8,16-18)20(26)28-10/h12-13H,11,14-16H2,1-10H3/b17-12+. The molecule has 0 fully saturated rings. The van der Waals surface area contributed by atoms with Crippen LogP contribution in [0, 0.1) is 21.7 Å². The molecule has 1 aliphatic rings. The number of methoxy groups -OCH3 is 2. The highest BCUT2D eigenvalue weighted by molar-refractivity contribution is 5.88. The van der Waals surface area contributed by atoms with Crippen molar-refractivity contribution >= 4 is 11.9 Å². The summed E-state index contributed by atoms with van der Waals surface area (Å²) >= 11 is 0. The second-order valence-corrected chi connectivity index (χ2v) is 10.3. The summed E-state index contributed by atoms with van der Waals surface area (Å²) in [5.41, 5.74) is 0.827. The molecule has 0 aromatic rings.